The average molecular weight is 900 g/mol. The highest BCUT2D eigenvalue weighted by atomic mass is 32.2. The number of hydrogen-bond acceptors (Lipinski definition) is 13. The van der Waals surface area contributed by atoms with Crippen molar-refractivity contribution >= 4 is 59.7 Å². The zero-order chi connectivity index (χ0) is 45.5. The van der Waals surface area contributed by atoms with Crippen molar-refractivity contribution in [1.82, 2.24) is 24.3 Å². The summed E-state index contributed by atoms with van der Waals surface area (Å²) in [5.74, 6) is -1.45. The number of nitriles is 1. The molecule has 3 aromatic rings. The molecule has 4 saturated heterocycles. The highest BCUT2D eigenvalue weighted by Crippen LogP contribution is 2.40. The molecule has 7 rings (SSSR count). The minimum absolute atomic E-state index is 0.0173. The molecular weight excluding hydrogens is 845 g/mol. The molecule has 3 N–H and O–H groups in total. The predicted octanol–water partition coefficient (Wildman–Crippen LogP) is 6.54. The van der Waals surface area contributed by atoms with E-state index in [1.807, 2.05) is 37.0 Å². The normalized spacial score (nSPS) is 20.4. The van der Waals surface area contributed by atoms with Crippen LogP contribution in [0.25, 0.3) is 0 Å². The van der Waals surface area contributed by atoms with Crippen molar-refractivity contribution in [2.75, 3.05) is 63.0 Å². The number of anilines is 2. The lowest BCUT2D eigenvalue weighted by atomic mass is 9.87. The Morgan fingerprint density at radius 1 is 1.08 bits per heavy atom. The van der Waals surface area contributed by atoms with E-state index in [2.05, 4.69) is 31.3 Å². The maximum absolute atomic E-state index is 15.3. The first-order valence-corrected chi connectivity index (χ1v) is 22.5. The number of piperidine rings is 3. The Hall–Kier alpha value is -5.61. The number of imide groups is 1. The second-order valence-electron chi connectivity index (χ2n) is 16.9. The van der Waals surface area contributed by atoms with Gasteiger partial charge in [-0.15, -0.1) is 0 Å². The number of hydrogen-bond donors (Lipinski definition) is 3. The first-order chi connectivity index (χ1) is 30.8. The molecule has 0 radical (unpaired) electrons. The van der Waals surface area contributed by atoms with Gasteiger partial charge in [-0.1, -0.05) is 13.0 Å². The van der Waals surface area contributed by atoms with Crippen LogP contribution in [0, 0.1) is 36.8 Å². The lowest BCUT2D eigenvalue weighted by molar-refractivity contribution is -0.137. The van der Waals surface area contributed by atoms with Gasteiger partial charge in [-0.25, -0.2) is 18.1 Å². The van der Waals surface area contributed by atoms with Gasteiger partial charge in [-0.3, -0.25) is 34.3 Å². The van der Waals surface area contributed by atoms with Crippen LogP contribution in [0.15, 0.2) is 47.5 Å². The van der Waals surface area contributed by atoms with Gasteiger partial charge in [-0.2, -0.15) is 5.26 Å². The lowest BCUT2D eigenvalue weighted by Crippen LogP contribution is -2.50. The predicted molar refractivity (Wildman–Crippen MR) is 240 cm³/mol. The van der Waals surface area contributed by atoms with Gasteiger partial charge in [0.25, 0.3) is 0 Å². The van der Waals surface area contributed by atoms with Crippen LogP contribution in [-0.2, 0) is 23.9 Å². The summed E-state index contributed by atoms with van der Waals surface area (Å²) in [5, 5.41) is 15.3. The topological polar surface area (TPSA) is 172 Å². The molecule has 4 aliphatic heterocycles. The Kier molecular flexibility index (Phi) is 14.8. The van der Waals surface area contributed by atoms with Gasteiger partial charge in [0.15, 0.2) is 11.6 Å². The molecule has 0 saturated carbocycles. The van der Waals surface area contributed by atoms with E-state index in [0.717, 1.165) is 18.5 Å². The fourth-order valence-electron chi connectivity index (χ4n) is 8.72. The number of carbonyl (C=O) groups excluding carboxylic acids is 4. The van der Waals surface area contributed by atoms with E-state index in [1.165, 1.54) is 41.6 Å². The van der Waals surface area contributed by atoms with Crippen molar-refractivity contribution in [2.24, 2.45) is 4.99 Å². The van der Waals surface area contributed by atoms with Crippen molar-refractivity contribution in [3.63, 3.8) is 0 Å². The molecule has 2 unspecified atom stereocenters. The maximum Gasteiger partial charge on any atom is 0.249 e. The van der Waals surface area contributed by atoms with Gasteiger partial charge in [0.2, 0.25) is 24.1 Å². The number of halogens is 2. The third-order valence-corrected chi connectivity index (χ3v) is 13.8. The quantitative estimate of drug-likeness (QED) is 0.0496. The largest absolute Gasteiger partial charge is 0.453 e. The summed E-state index contributed by atoms with van der Waals surface area (Å²) < 4.78 is 47.7. The molecule has 3 aromatic carbocycles. The van der Waals surface area contributed by atoms with Crippen LogP contribution in [-0.4, -0.2) is 120 Å². The van der Waals surface area contributed by atoms with Gasteiger partial charge in [-0.05, 0) is 132 Å². The Morgan fingerprint density at radius 2 is 1.84 bits per heavy atom. The number of likely N-dealkylation sites (tertiary alicyclic amines) is 2. The minimum atomic E-state index is -0.665. The van der Waals surface area contributed by atoms with E-state index >= 15 is 8.78 Å². The van der Waals surface area contributed by atoms with Crippen molar-refractivity contribution in [2.45, 2.75) is 89.3 Å². The molecule has 4 amide bonds. The number of carbonyl (C=O) groups is 4. The summed E-state index contributed by atoms with van der Waals surface area (Å²) >= 11 is 1.29. The molecule has 0 bridgehead atoms. The average Bonchev–Trinajstić information content (AvgIpc) is 3.70. The number of aliphatic imine (C=N–C) groups is 1. The minimum Gasteiger partial charge on any atom is -0.453 e. The monoisotopic (exact) mass is 899 g/mol. The van der Waals surface area contributed by atoms with Crippen molar-refractivity contribution < 1.29 is 37.4 Å². The third-order valence-electron chi connectivity index (χ3n) is 13.0. The van der Waals surface area contributed by atoms with E-state index in [4.69, 9.17) is 9.47 Å². The molecule has 0 aromatic heterocycles. The second kappa shape index (κ2) is 20.5. The van der Waals surface area contributed by atoms with Gasteiger partial charge < -0.3 is 24.4 Å². The van der Waals surface area contributed by atoms with Crippen LogP contribution >= 0.6 is 12.1 Å². The number of rotatable bonds is 15. The van der Waals surface area contributed by atoms with Crippen LogP contribution in [0.3, 0.4) is 0 Å². The van der Waals surface area contributed by atoms with Crippen molar-refractivity contribution in [1.29, 1.82) is 5.26 Å². The maximum atomic E-state index is 15.3. The van der Waals surface area contributed by atoms with E-state index < -0.39 is 23.4 Å². The van der Waals surface area contributed by atoms with Crippen LogP contribution < -0.4 is 20.1 Å². The van der Waals surface area contributed by atoms with E-state index in [1.54, 1.807) is 24.3 Å². The Morgan fingerprint density at radius 3 is 2.53 bits per heavy atom. The summed E-state index contributed by atoms with van der Waals surface area (Å²) in [7, 11) is 1.89. The van der Waals surface area contributed by atoms with Crippen LogP contribution in [0.2, 0.25) is 0 Å². The number of nitrogens with one attached hydrogen (secondary N) is 3. The highest BCUT2D eigenvalue weighted by molar-refractivity contribution is 7.98. The van der Waals surface area contributed by atoms with E-state index in [9.17, 15) is 24.4 Å². The molecule has 15 nitrogen and oxygen atoms in total. The zero-order valence-corrected chi connectivity index (χ0v) is 37.4. The molecule has 4 fully saturated rings. The summed E-state index contributed by atoms with van der Waals surface area (Å²) in [6.07, 6.45) is 6.18. The van der Waals surface area contributed by atoms with Crippen LogP contribution in [0.1, 0.15) is 80.0 Å². The van der Waals surface area contributed by atoms with Gasteiger partial charge >= 0.3 is 0 Å². The first-order valence-electron chi connectivity index (χ1n) is 21.8. The van der Waals surface area contributed by atoms with Crippen molar-refractivity contribution in [3.05, 3.63) is 76.4 Å². The molecule has 18 heteroatoms. The summed E-state index contributed by atoms with van der Waals surface area (Å²) in [4.78, 5) is 59.5. The number of amides is 4. The first kappa shape index (κ1) is 46.4. The molecule has 340 valence electrons. The number of benzene rings is 3. The standard InChI is InChI=1S/C46H55F2N9O6S/c1-5-54(4)64-53-39-9-8-36(47)44(35(39)24-49)63-41-12-10-38(29(2)30(41)3)50-27-57(28-58)33-23-46(62-26-33)16-20-56(21-17-46)43(60)25-55-18-14-31(15-19-55)34-7-6-32(22-37(34)48)51-40-11-13-42(59)52-45(40)61/h6-10,12,22,27-28,31,33,40,51,53H,5,11,13-21,23,25-26H2,1-4H3,(H,52,59,61). The van der Waals surface area contributed by atoms with Gasteiger partial charge in [0.05, 0.1) is 42.5 Å². The van der Waals surface area contributed by atoms with Gasteiger partial charge in [0.1, 0.15) is 29.2 Å². The molecule has 1 spiro atoms. The summed E-state index contributed by atoms with van der Waals surface area (Å²) in [6, 6.07) is 12.3. The third kappa shape index (κ3) is 10.7. The lowest BCUT2D eigenvalue weighted by Gasteiger charge is -2.40. The SMILES string of the molecule is CCN(C)SNc1ccc(F)c(Oc2ccc(N=CN(C=O)C3COC4(CCN(C(=O)CN5CCC(c6ccc(NC7CCC(=O)NC7=O)cc6F)CC5)CC4)C3)c(C)c2C)c1C#N. The molecule has 4 aliphatic rings. The molecule has 64 heavy (non-hydrogen) atoms. The van der Waals surface area contributed by atoms with Crippen LogP contribution in [0.4, 0.5) is 25.8 Å². The summed E-state index contributed by atoms with van der Waals surface area (Å²) in [6.45, 7) is 9.49. The number of ether oxygens (including phenoxy) is 2. The van der Waals surface area contributed by atoms with E-state index in [-0.39, 0.29) is 47.3 Å². The highest BCUT2D eigenvalue weighted by Gasteiger charge is 2.45. The number of nitrogens with zero attached hydrogens (tertiary/aromatic N) is 6. The smallest absolute Gasteiger partial charge is 0.249 e. The molecule has 4 heterocycles. The Labute approximate surface area is 376 Å². The van der Waals surface area contributed by atoms with Gasteiger partial charge in [0, 0.05) is 43.9 Å². The molecule has 0 aliphatic carbocycles. The fourth-order valence-corrected chi connectivity index (χ4v) is 9.27. The fraction of sp³-hybridized carbons (Fsp3) is 0.478. The molecular formula is C46H55F2N9O6S. The zero-order valence-electron chi connectivity index (χ0n) is 36.6. The van der Waals surface area contributed by atoms with Crippen LogP contribution in [0.5, 0.6) is 11.5 Å². The van der Waals surface area contributed by atoms with Crippen molar-refractivity contribution in [3.8, 4) is 17.6 Å². The Bertz CT molecular complexity index is 2310. The molecule has 2 atom stereocenters. The Balaban J connectivity index is 0.875. The van der Waals surface area contributed by atoms with E-state index in [0.29, 0.717) is 112 Å². The second-order valence-corrected chi connectivity index (χ2v) is 18.0. The summed E-state index contributed by atoms with van der Waals surface area (Å²) in [5.41, 5.74) is 3.19.